The van der Waals surface area contributed by atoms with Crippen molar-refractivity contribution in [3.63, 3.8) is 0 Å². The molecule has 3 nitrogen and oxygen atoms in total. The van der Waals surface area contributed by atoms with E-state index in [1.54, 1.807) is 7.11 Å². The minimum atomic E-state index is 0.582. The molecule has 3 unspecified atom stereocenters. The topological polar surface area (TPSA) is 31.0 Å². The molecule has 14 heavy (non-hydrogen) atoms. The second-order valence-electron chi connectivity index (χ2n) is 4.07. The van der Waals surface area contributed by atoms with Crippen LogP contribution in [0.5, 0.6) is 0 Å². The van der Waals surface area contributed by atoms with Crippen LogP contribution in [0.3, 0.4) is 0 Å². The maximum atomic E-state index is 5.61. The standard InChI is InChI=1S/C10H18O3Si/c1-11-14-5-4-12-7-8-2-3-9-10(6-8)13-9/h8-10H,2-7H2,1H3. The van der Waals surface area contributed by atoms with Crippen molar-refractivity contribution in [2.45, 2.75) is 37.5 Å². The number of fused-ring (bicyclic) bond motifs is 1. The monoisotopic (exact) mass is 214 g/mol. The molecule has 0 aromatic heterocycles. The summed E-state index contributed by atoms with van der Waals surface area (Å²) in [5.74, 6) is 0.740. The third-order valence-corrected chi connectivity index (χ3v) is 3.66. The minimum absolute atomic E-state index is 0.582. The maximum Gasteiger partial charge on any atom is 0.231 e. The van der Waals surface area contributed by atoms with E-state index in [4.69, 9.17) is 13.9 Å². The number of hydrogen-bond donors (Lipinski definition) is 0. The van der Waals surface area contributed by atoms with Crippen molar-refractivity contribution in [3.05, 3.63) is 0 Å². The van der Waals surface area contributed by atoms with Crippen molar-refractivity contribution in [3.8, 4) is 0 Å². The van der Waals surface area contributed by atoms with E-state index in [2.05, 4.69) is 0 Å². The Morgan fingerprint density at radius 1 is 1.36 bits per heavy atom. The molecule has 0 amide bonds. The predicted molar refractivity (Wildman–Crippen MR) is 54.4 cm³/mol. The van der Waals surface area contributed by atoms with E-state index in [1.807, 2.05) is 0 Å². The fourth-order valence-electron chi connectivity index (χ4n) is 2.10. The highest BCUT2D eigenvalue weighted by molar-refractivity contribution is 6.26. The van der Waals surface area contributed by atoms with E-state index in [9.17, 15) is 0 Å². The summed E-state index contributed by atoms with van der Waals surface area (Å²) in [6, 6.07) is 1.03. The summed E-state index contributed by atoms with van der Waals surface area (Å²) in [6.45, 7) is 1.76. The Balaban J connectivity index is 1.48. The number of rotatable bonds is 6. The van der Waals surface area contributed by atoms with Gasteiger partial charge < -0.3 is 13.9 Å². The molecule has 3 atom stereocenters. The molecule has 1 heterocycles. The van der Waals surface area contributed by atoms with Gasteiger partial charge in [-0.1, -0.05) is 0 Å². The van der Waals surface area contributed by atoms with Crippen LogP contribution in [0, 0.1) is 5.92 Å². The first kappa shape index (κ1) is 10.6. The summed E-state index contributed by atoms with van der Waals surface area (Å²) in [5, 5.41) is 0. The lowest BCUT2D eigenvalue weighted by molar-refractivity contribution is 0.0969. The van der Waals surface area contributed by atoms with Crippen molar-refractivity contribution in [1.29, 1.82) is 0 Å². The van der Waals surface area contributed by atoms with E-state index >= 15 is 0 Å². The average Bonchev–Trinajstić information content (AvgIpc) is 2.95. The van der Waals surface area contributed by atoms with E-state index in [0.29, 0.717) is 22.0 Å². The van der Waals surface area contributed by atoms with Gasteiger partial charge in [-0.25, -0.2) is 0 Å². The van der Waals surface area contributed by atoms with Crippen molar-refractivity contribution in [2.75, 3.05) is 20.3 Å². The molecule has 2 rings (SSSR count). The molecule has 80 valence electrons. The molecule has 1 aliphatic carbocycles. The Hall–Kier alpha value is 0.0969. The summed E-state index contributed by atoms with van der Waals surface area (Å²) in [4.78, 5) is 0. The largest absolute Gasteiger partial charge is 0.420 e. The fraction of sp³-hybridized carbons (Fsp3) is 1.00. The number of epoxide rings is 1. The molecule has 0 spiro atoms. The number of hydrogen-bond acceptors (Lipinski definition) is 3. The highest BCUT2D eigenvalue weighted by Gasteiger charge is 2.43. The fourth-order valence-corrected chi connectivity index (χ4v) is 2.54. The Morgan fingerprint density at radius 2 is 2.29 bits per heavy atom. The summed E-state index contributed by atoms with van der Waals surface area (Å²) >= 11 is 0. The zero-order chi connectivity index (χ0) is 9.80. The highest BCUT2D eigenvalue weighted by Crippen LogP contribution is 2.39. The lowest BCUT2D eigenvalue weighted by atomic mass is 9.90. The predicted octanol–water partition coefficient (Wildman–Crippen LogP) is 1.25. The van der Waals surface area contributed by atoms with Gasteiger partial charge in [-0.05, 0) is 31.2 Å². The van der Waals surface area contributed by atoms with Gasteiger partial charge in [0.05, 0.1) is 12.2 Å². The Bertz CT molecular complexity index is 177. The van der Waals surface area contributed by atoms with Crippen LogP contribution < -0.4 is 0 Å². The van der Waals surface area contributed by atoms with E-state index in [0.717, 1.165) is 25.2 Å². The molecule has 0 aromatic carbocycles. The first-order chi connectivity index (χ1) is 6.90. The summed E-state index contributed by atoms with van der Waals surface area (Å²) in [5.41, 5.74) is 0. The van der Waals surface area contributed by atoms with Gasteiger partial charge in [0, 0.05) is 20.3 Å². The Morgan fingerprint density at radius 3 is 3.07 bits per heavy atom. The Kier molecular flexibility index (Phi) is 3.98. The zero-order valence-electron chi connectivity index (χ0n) is 8.70. The molecule has 4 heteroatoms. The second-order valence-corrected chi connectivity index (χ2v) is 5.26. The van der Waals surface area contributed by atoms with E-state index in [1.165, 1.54) is 19.3 Å². The first-order valence-electron chi connectivity index (χ1n) is 5.39. The Labute approximate surface area is 88.1 Å². The van der Waals surface area contributed by atoms with E-state index in [-0.39, 0.29) is 0 Å². The quantitative estimate of drug-likeness (QED) is 0.379. The van der Waals surface area contributed by atoms with Crippen LogP contribution in [-0.2, 0) is 13.9 Å². The van der Waals surface area contributed by atoms with Gasteiger partial charge in [-0.15, -0.1) is 0 Å². The van der Waals surface area contributed by atoms with Gasteiger partial charge in [-0.2, -0.15) is 0 Å². The summed E-state index contributed by atoms with van der Waals surface area (Å²) < 4.78 is 16.1. The molecular weight excluding hydrogens is 196 g/mol. The van der Waals surface area contributed by atoms with Gasteiger partial charge in [-0.3, -0.25) is 0 Å². The van der Waals surface area contributed by atoms with Gasteiger partial charge >= 0.3 is 0 Å². The van der Waals surface area contributed by atoms with Crippen LogP contribution in [0.25, 0.3) is 0 Å². The lowest BCUT2D eigenvalue weighted by Crippen LogP contribution is -2.18. The third-order valence-electron chi connectivity index (χ3n) is 2.96. The maximum absolute atomic E-state index is 5.61. The molecule has 1 saturated carbocycles. The van der Waals surface area contributed by atoms with Gasteiger partial charge in [0.15, 0.2) is 0 Å². The molecule has 0 N–H and O–H groups in total. The normalized spacial score (nSPS) is 35.4. The average molecular weight is 214 g/mol. The molecule has 2 fully saturated rings. The molecule has 0 aromatic rings. The second kappa shape index (κ2) is 5.26. The van der Waals surface area contributed by atoms with Crippen molar-refractivity contribution >= 4 is 9.76 Å². The van der Waals surface area contributed by atoms with Crippen molar-refractivity contribution in [1.82, 2.24) is 0 Å². The molecule has 0 bridgehead atoms. The SMILES string of the molecule is CO[Si]CCOCC1CCC2OC2C1. The van der Waals surface area contributed by atoms with Gasteiger partial charge in [0.1, 0.15) is 0 Å². The highest BCUT2D eigenvalue weighted by atomic mass is 28.2. The molecule has 2 radical (unpaired) electrons. The van der Waals surface area contributed by atoms with Crippen LogP contribution in [0.4, 0.5) is 0 Å². The molecule has 2 aliphatic rings. The van der Waals surface area contributed by atoms with Crippen LogP contribution in [0.1, 0.15) is 19.3 Å². The molecule has 1 saturated heterocycles. The van der Waals surface area contributed by atoms with Crippen molar-refractivity contribution in [2.24, 2.45) is 5.92 Å². The molecular formula is C10H18O3Si. The van der Waals surface area contributed by atoms with Crippen LogP contribution >= 0.6 is 0 Å². The van der Waals surface area contributed by atoms with Gasteiger partial charge in [0.2, 0.25) is 9.76 Å². The van der Waals surface area contributed by atoms with E-state index < -0.39 is 0 Å². The summed E-state index contributed by atoms with van der Waals surface area (Å²) in [7, 11) is 2.33. The smallest absolute Gasteiger partial charge is 0.231 e. The lowest BCUT2D eigenvalue weighted by Gasteiger charge is -2.18. The molecule has 1 aliphatic heterocycles. The zero-order valence-corrected chi connectivity index (χ0v) is 9.70. The minimum Gasteiger partial charge on any atom is -0.420 e. The first-order valence-corrected chi connectivity index (χ1v) is 6.50. The third kappa shape index (κ3) is 3.05. The van der Waals surface area contributed by atoms with Crippen LogP contribution in [0.15, 0.2) is 0 Å². The van der Waals surface area contributed by atoms with Crippen molar-refractivity contribution < 1.29 is 13.9 Å². The van der Waals surface area contributed by atoms with Crippen LogP contribution in [0.2, 0.25) is 6.04 Å². The van der Waals surface area contributed by atoms with Gasteiger partial charge in [0.25, 0.3) is 0 Å². The van der Waals surface area contributed by atoms with Crippen LogP contribution in [-0.4, -0.2) is 42.3 Å². The summed E-state index contributed by atoms with van der Waals surface area (Å²) in [6.07, 6.45) is 4.95. The number of ether oxygens (including phenoxy) is 2.